The topological polar surface area (TPSA) is 17.1 Å². The number of carbonyl (C=O) groups excluding carboxylic acids is 1. The molecule has 0 amide bonds. The Morgan fingerprint density at radius 1 is 1.27 bits per heavy atom. The summed E-state index contributed by atoms with van der Waals surface area (Å²) in [5, 5.41) is 0. The van der Waals surface area contributed by atoms with E-state index in [1.165, 1.54) is 0 Å². The first-order valence-electron chi connectivity index (χ1n) is 3.89. The molecule has 0 N–H and O–H groups in total. The molecular weight excluding hydrogens is 136 g/mol. The van der Waals surface area contributed by atoms with Gasteiger partial charge in [-0.2, -0.15) is 0 Å². The molecule has 0 aliphatic heterocycles. The Balaban J connectivity index is 3.99. The van der Waals surface area contributed by atoms with Crippen molar-refractivity contribution in [1.82, 2.24) is 0 Å². The number of allylic oxidation sites excluding steroid dienone is 4. The number of hydrogen-bond acceptors (Lipinski definition) is 1. The van der Waals surface area contributed by atoms with Crippen LogP contribution in [0.4, 0.5) is 0 Å². The standard InChI is InChI=1S/C10H16O/c1-8(2)5-6-10(11)7-9(3)4/h5-8H,1-4H3/b6-5+. The molecule has 0 saturated carbocycles. The molecule has 0 aromatic rings. The van der Waals surface area contributed by atoms with Crippen LogP contribution < -0.4 is 0 Å². The molecule has 0 atom stereocenters. The van der Waals surface area contributed by atoms with Crippen LogP contribution in [0.1, 0.15) is 27.7 Å². The minimum Gasteiger partial charge on any atom is -0.290 e. The molecule has 1 heteroatoms. The molecule has 0 aliphatic rings. The van der Waals surface area contributed by atoms with Gasteiger partial charge < -0.3 is 0 Å². The summed E-state index contributed by atoms with van der Waals surface area (Å²) < 4.78 is 0. The maximum atomic E-state index is 11.0. The summed E-state index contributed by atoms with van der Waals surface area (Å²) in [4.78, 5) is 11.0. The fraction of sp³-hybridized carbons (Fsp3) is 0.500. The third-order valence-corrected chi connectivity index (χ3v) is 1.08. The summed E-state index contributed by atoms with van der Waals surface area (Å²) in [7, 11) is 0. The van der Waals surface area contributed by atoms with Gasteiger partial charge in [-0.1, -0.05) is 25.5 Å². The SMILES string of the molecule is CC(C)=CC(=O)/C=C/C(C)C. The van der Waals surface area contributed by atoms with Gasteiger partial charge in [0.1, 0.15) is 0 Å². The van der Waals surface area contributed by atoms with Gasteiger partial charge in [-0.25, -0.2) is 0 Å². The lowest BCUT2D eigenvalue weighted by atomic mass is 10.1. The summed E-state index contributed by atoms with van der Waals surface area (Å²) in [5.41, 5.74) is 1.04. The third-order valence-electron chi connectivity index (χ3n) is 1.08. The lowest BCUT2D eigenvalue weighted by molar-refractivity contribution is -0.110. The van der Waals surface area contributed by atoms with Crippen LogP contribution in [0.2, 0.25) is 0 Å². The van der Waals surface area contributed by atoms with E-state index < -0.39 is 0 Å². The fourth-order valence-electron chi connectivity index (χ4n) is 0.620. The van der Waals surface area contributed by atoms with Crippen LogP contribution >= 0.6 is 0 Å². The van der Waals surface area contributed by atoms with Crippen LogP contribution in [0.5, 0.6) is 0 Å². The molecular formula is C10H16O. The van der Waals surface area contributed by atoms with E-state index in [9.17, 15) is 4.79 Å². The molecule has 1 nitrogen and oxygen atoms in total. The minimum atomic E-state index is 0.0821. The summed E-state index contributed by atoms with van der Waals surface area (Å²) >= 11 is 0. The molecule has 0 aromatic heterocycles. The Bertz CT molecular complexity index is 181. The second kappa shape index (κ2) is 4.89. The highest BCUT2D eigenvalue weighted by Gasteiger charge is 1.90. The monoisotopic (exact) mass is 152 g/mol. The molecule has 0 radical (unpaired) electrons. The van der Waals surface area contributed by atoms with E-state index in [-0.39, 0.29) is 5.78 Å². The molecule has 0 rings (SSSR count). The maximum absolute atomic E-state index is 11.0. The van der Waals surface area contributed by atoms with E-state index in [1.54, 1.807) is 12.2 Å². The van der Waals surface area contributed by atoms with Gasteiger partial charge >= 0.3 is 0 Å². The Hall–Kier alpha value is -0.850. The molecule has 0 fully saturated rings. The third kappa shape index (κ3) is 7.04. The van der Waals surface area contributed by atoms with Crippen LogP contribution in [0, 0.1) is 5.92 Å². The predicted molar refractivity (Wildman–Crippen MR) is 48.4 cm³/mol. The first-order valence-corrected chi connectivity index (χ1v) is 3.89. The van der Waals surface area contributed by atoms with Crippen molar-refractivity contribution in [2.45, 2.75) is 27.7 Å². The lowest BCUT2D eigenvalue weighted by Crippen LogP contribution is -1.88. The molecule has 11 heavy (non-hydrogen) atoms. The number of carbonyl (C=O) groups is 1. The van der Waals surface area contributed by atoms with Crippen LogP contribution in [0.15, 0.2) is 23.8 Å². The van der Waals surface area contributed by atoms with Gasteiger partial charge in [0, 0.05) is 0 Å². The fourth-order valence-corrected chi connectivity index (χ4v) is 0.620. The van der Waals surface area contributed by atoms with E-state index in [2.05, 4.69) is 0 Å². The zero-order chi connectivity index (χ0) is 8.85. The average molecular weight is 152 g/mol. The van der Waals surface area contributed by atoms with Crippen molar-refractivity contribution in [3.05, 3.63) is 23.8 Å². The summed E-state index contributed by atoms with van der Waals surface area (Å²) in [6.45, 7) is 7.93. The van der Waals surface area contributed by atoms with Gasteiger partial charge in [-0.15, -0.1) is 0 Å². The van der Waals surface area contributed by atoms with E-state index >= 15 is 0 Å². The van der Waals surface area contributed by atoms with Crippen molar-refractivity contribution in [3.8, 4) is 0 Å². The van der Waals surface area contributed by atoms with Crippen LogP contribution in [0.25, 0.3) is 0 Å². The predicted octanol–water partition coefficient (Wildman–Crippen LogP) is 2.73. The molecule has 0 bridgehead atoms. The second-order valence-corrected chi connectivity index (χ2v) is 3.23. The first-order chi connectivity index (χ1) is 5.02. The molecule has 0 heterocycles. The summed E-state index contributed by atoms with van der Waals surface area (Å²) in [6.07, 6.45) is 5.16. The van der Waals surface area contributed by atoms with Crippen molar-refractivity contribution in [2.24, 2.45) is 5.92 Å². The Morgan fingerprint density at radius 3 is 2.18 bits per heavy atom. The molecule has 62 valence electrons. The Morgan fingerprint density at radius 2 is 1.82 bits per heavy atom. The zero-order valence-corrected chi connectivity index (χ0v) is 7.72. The van der Waals surface area contributed by atoms with Crippen molar-refractivity contribution in [2.75, 3.05) is 0 Å². The number of rotatable bonds is 3. The van der Waals surface area contributed by atoms with Crippen molar-refractivity contribution < 1.29 is 4.79 Å². The number of ketones is 1. The summed E-state index contributed by atoms with van der Waals surface area (Å²) in [6, 6.07) is 0. The first kappa shape index (κ1) is 10.2. The van der Waals surface area contributed by atoms with Gasteiger partial charge in [-0.3, -0.25) is 4.79 Å². The quantitative estimate of drug-likeness (QED) is 0.568. The molecule has 0 aromatic carbocycles. The molecule has 0 unspecified atom stereocenters. The maximum Gasteiger partial charge on any atom is 0.178 e. The van der Waals surface area contributed by atoms with E-state index in [0.717, 1.165) is 5.57 Å². The van der Waals surface area contributed by atoms with Crippen molar-refractivity contribution >= 4 is 5.78 Å². The molecule has 0 saturated heterocycles. The van der Waals surface area contributed by atoms with Crippen LogP contribution in [-0.2, 0) is 4.79 Å². The van der Waals surface area contributed by atoms with E-state index in [4.69, 9.17) is 0 Å². The molecule has 0 spiro atoms. The van der Waals surface area contributed by atoms with Gasteiger partial charge in [0.15, 0.2) is 5.78 Å². The lowest BCUT2D eigenvalue weighted by Gasteiger charge is -1.91. The zero-order valence-electron chi connectivity index (χ0n) is 7.72. The van der Waals surface area contributed by atoms with Crippen LogP contribution in [0.3, 0.4) is 0 Å². The normalized spacial score (nSPS) is 10.6. The van der Waals surface area contributed by atoms with E-state index in [1.807, 2.05) is 33.8 Å². The van der Waals surface area contributed by atoms with Gasteiger partial charge in [0.2, 0.25) is 0 Å². The summed E-state index contributed by atoms with van der Waals surface area (Å²) in [5.74, 6) is 0.531. The highest BCUT2D eigenvalue weighted by Crippen LogP contribution is 1.95. The molecule has 0 aliphatic carbocycles. The van der Waals surface area contributed by atoms with Gasteiger partial charge in [0.25, 0.3) is 0 Å². The highest BCUT2D eigenvalue weighted by atomic mass is 16.1. The minimum absolute atomic E-state index is 0.0821. The van der Waals surface area contributed by atoms with Gasteiger partial charge in [-0.05, 0) is 31.9 Å². The van der Waals surface area contributed by atoms with Gasteiger partial charge in [0.05, 0.1) is 0 Å². The van der Waals surface area contributed by atoms with Crippen molar-refractivity contribution in [3.63, 3.8) is 0 Å². The smallest absolute Gasteiger partial charge is 0.178 e. The van der Waals surface area contributed by atoms with Crippen LogP contribution in [-0.4, -0.2) is 5.78 Å². The Kier molecular flexibility index (Phi) is 4.51. The number of hydrogen-bond donors (Lipinski definition) is 0. The van der Waals surface area contributed by atoms with Crippen molar-refractivity contribution in [1.29, 1.82) is 0 Å². The second-order valence-electron chi connectivity index (χ2n) is 3.23. The average Bonchev–Trinajstić information content (AvgIpc) is 1.82. The Labute approximate surface area is 68.8 Å². The largest absolute Gasteiger partial charge is 0.290 e. The van der Waals surface area contributed by atoms with E-state index in [0.29, 0.717) is 5.92 Å². The highest BCUT2D eigenvalue weighted by molar-refractivity contribution is 5.99.